The zero-order valence-electron chi connectivity index (χ0n) is 19.3. The predicted molar refractivity (Wildman–Crippen MR) is 131 cm³/mol. The molecule has 4 heterocycles. The number of carbonyl (C=O) groups excluding carboxylic acids is 1. The van der Waals surface area contributed by atoms with Crippen molar-refractivity contribution in [3.8, 4) is 0 Å². The van der Waals surface area contributed by atoms with Gasteiger partial charge in [-0.25, -0.2) is 14.8 Å². The van der Waals surface area contributed by atoms with Crippen LogP contribution < -0.4 is 10.2 Å². The smallest absolute Gasteiger partial charge is 0.335 e. The molecular weight excluding hydrogens is 446 g/mol. The molecule has 3 aromatic rings. The number of carboxylic acids is 1. The van der Waals surface area contributed by atoms with Crippen molar-refractivity contribution in [3.05, 3.63) is 78.1 Å². The summed E-state index contributed by atoms with van der Waals surface area (Å²) in [5.74, 6) is 0.964. The minimum Gasteiger partial charge on any atom is -0.498 e. The largest absolute Gasteiger partial charge is 0.498 e. The van der Waals surface area contributed by atoms with Gasteiger partial charge < -0.3 is 24.5 Å². The van der Waals surface area contributed by atoms with Gasteiger partial charge in [-0.1, -0.05) is 6.08 Å². The van der Waals surface area contributed by atoms with E-state index < -0.39 is 5.97 Å². The number of nitrogens with one attached hydrogen (secondary N) is 1. The Kier molecular flexibility index (Phi) is 6.47. The van der Waals surface area contributed by atoms with E-state index in [1.807, 2.05) is 12.1 Å². The third kappa shape index (κ3) is 5.34. The Balaban J connectivity index is 1.11. The summed E-state index contributed by atoms with van der Waals surface area (Å²) in [7, 11) is 0. The van der Waals surface area contributed by atoms with E-state index in [2.05, 4.69) is 20.2 Å². The van der Waals surface area contributed by atoms with Crippen LogP contribution in [-0.4, -0.2) is 51.0 Å². The van der Waals surface area contributed by atoms with Gasteiger partial charge in [-0.05, 0) is 55.5 Å². The lowest BCUT2D eigenvalue weighted by atomic mass is 9.97. The summed E-state index contributed by atoms with van der Waals surface area (Å²) in [4.78, 5) is 34.7. The van der Waals surface area contributed by atoms with Crippen LogP contribution >= 0.6 is 0 Å². The molecule has 1 fully saturated rings. The minimum absolute atomic E-state index is 0.199. The lowest BCUT2D eigenvalue weighted by Crippen LogP contribution is -2.35. The van der Waals surface area contributed by atoms with Crippen LogP contribution in [0.1, 0.15) is 36.0 Å². The van der Waals surface area contributed by atoms with E-state index in [0.717, 1.165) is 49.6 Å². The Morgan fingerprint density at radius 1 is 1.14 bits per heavy atom. The highest BCUT2D eigenvalue weighted by molar-refractivity contribution is 6.04. The molecule has 35 heavy (non-hydrogen) atoms. The Labute approximate surface area is 202 Å². The van der Waals surface area contributed by atoms with Crippen LogP contribution in [0.15, 0.2) is 72.5 Å². The molecule has 3 aromatic heterocycles. The van der Waals surface area contributed by atoms with Crippen LogP contribution in [0, 0.1) is 5.92 Å². The first-order chi connectivity index (χ1) is 17.0. The second-order valence-corrected chi connectivity index (χ2v) is 8.83. The first-order valence-electron chi connectivity index (χ1n) is 11.8. The quantitative estimate of drug-likeness (QED) is 0.536. The molecule has 0 saturated carbocycles. The molecule has 0 bridgehead atoms. The van der Waals surface area contributed by atoms with Crippen molar-refractivity contribution in [1.82, 2.24) is 14.4 Å². The van der Waals surface area contributed by atoms with E-state index in [4.69, 9.17) is 9.84 Å². The third-order valence-corrected chi connectivity index (χ3v) is 6.42. The molecule has 2 N–H and O–H groups in total. The molecular formula is C26H27N5O4. The van der Waals surface area contributed by atoms with E-state index in [-0.39, 0.29) is 5.91 Å². The van der Waals surface area contributed by atoms with Gasteiger partial charge in [-0.3, -0.25) is 4.79 Å². The molecule has 0 unspecified atom stereocenters. The zero-order valence-corrected chi connectivity index (χ0v) is 19.3. The fourth-order valence-corrected chi connectivity index (χ4v) is 4.40. The normalized spacial score (nSPS) is 16.5. The van der Waals surface area contributed by atoms with Gasteiger partial charge in [-0.15, -0.1) is 0 Å². The van der Waals surface area contributed by atoms with Crippen molar-refractivity contribution < 1.29 is 19.4 Å². The summed E-state index contributed by atoms with van der Waals surface area (Å²) < 4.78 is 7.74. The van der Waals surface area contributed by atoms with Crippen molar-refractivity contribution in [2.75, 3.05) is 29.9 Å². The van der Waals surface area contributed by atoms with Crippen molar-refractivity contribution in [2.45, 2.75) is 25.7 Å². The number of aromatic nitrogens is 3. The molecule has 2 aliphatic rings. The summed E-state index contributed by atoms with van der Waals surface area (Å²) in [6.45, 7) is 2.35. The number of pyridine rings is 2. The maximum atomic E-state index is 12.6. The second-order valence-electron chi connectivity index (χ2n) is 8.83. The monoisotopic (exact) mass is 473 g/mol. The first-order valence-corrected chi connectivity index (χ1v) is 11.8. The lowest BCUT2D eigenvalue weighted by molar-refractivity contribution is -0.132. The van der Waals surface area contributed by atoms with Crippen molar-refractivity contribution in [3.63, 3.8) is 0 Å². The van der Waals surface area contributed by atoms with Gasteiger partial charge in [0.15, 0.2) is 0 Å². The van der Waals surface area contributed by atoms with E-state index in [1.54, 1.807) is 53.5 Å². The molecule has 180 valence electrons. The number of carboxylic acid groups (broad SMARTS) is 1. The Morgan fingerprint density at radius 2 is 2.00 bits per heavy atom. The second kappa shape index (κ2) is 10.0. The Bertz CT molecular complexity index is 1290. The summed E-state index contributed by atoms with van der Waals surface area (Å²) in [5.41, 5.74) is 2.29. The number of hydrogen-bond donors (Lipinski definition) is 2. The minimum atomic E-state index is -0.909. The molecule has 0 aromatic carbocycles. The molecule has 9 nitrogen and oxygen atoms in total. The van der Waals surface area contributed by atoms with E-state index in [9.17, 15) is 9.59 Å². The molecule has 0 atom stereocenters. The topological polar surface area (TPSA) is 109 Å². The fraction of sp³-hybridized carbons (Fsp3) is 0.308. The number of aliphatic carboxylic acids is 1. The number of hydrogen-bond acceptors (Lipinski definition) is 6. The van der Waals surface area contributed by atoms with Crippen LogP contribution in [0.5, 0.6) is 0 Å². The molecule has 1 aliphatic carbocycles. The third-order valence-electron chi connectivity index (χ3n) is 6.42. The van der Waals surface area contributed by atoms with Crippen LogP contribution in [0.4, 0.5) is 11.5 Å². The molecule has 1 saturated heterocycles. The number of rotatable bonds is 7. The van der Waals surface area contributed by atoms with Gasteiger partial charge in [0, 0.05) is 38.1 Å². The average Bonchev–Trinajstić information content (AvgIpc) is 3.36. The number of anilines is 2. The number of fused-ring (bicyclic) bond motifs is 1. The highest BCUT2D eigenvalue weighted by Gasteiger charge is 2.22. The molecule has 0 spiro atoms. The molecule has 5 rings (SSSR count). The number of imidazole rings is 1. The van der Waals surface area contributed by atoms with Crippen molar-refractivity contribution >= 4 is 29.0 Å². The molecule has 9 heteroatoms. The highest BCUT2D eigenvalue weighted by Crippen LogP contribution is 2.25. The summed E-state index contributed by atoms with van der Waals surface area (Å²) in [5, 5.41) is 12.0. The molecule has 1 amide bonds. The van der Waals surface area contributed by atoms with Crippen LogP contribution in [0.2, 0.25) is 0 Å². The van der Waals surface area contributed by atoms with Crippen LogP contribution in [0.25, 0.3) is 5.65 Å². The number of amides is 1. The number of piperidine rings is 1. The number of ether oxygens (including phenoxy) is 1. The van der Waals surface area contributed by atoms with E-state index >= 15 is 0 Å². The number of allylic oxidation sites excluding steroid dienone is 2. The van der Waals surface area contributed by atoms with Gasteiger partial charge in [0.25, 0.3) is 5.91 Å². The van der Waals surface area contributed by atoms with Gasteiger partial charge in [-0.2, -0.15) is 0 Å². The zero-order chi connectivity index (χ0) is 24.2. The maximum absolute atomic E-state index is 12.6. The Morgan fingerprint density at radius 3 is 2.77 bits per heavy atom. The SMILES string of the molecule is O=C(O)C1=CCCC(OCC2CCN(c3ccc(NC(=O)c4ccc5nccn5c4)cn3)CC2)=C1. The van der Waals surface area contributed by atoms with Gasteiger partial charge in [0.1, 0.15) is 11.5 Å². The number of nitrogens with zero attached hydrogens (tertiary/aromatic N) is 4. The van der Waals surface area contributed by atoms with Gasteiger partial charge in [0.2, 0.25) is 0 Å². The summed E-state index contributed by atoms with van der Waals surface area (Å²) >= 11 is 0. The van der Waals surface area contributed by atoms with Gasteiger partial charge in [0.05, 0.1) is 35.4 Å². The first kappa shape index (κ1) is 22.6. The van der Waals surface area contributed by atoms with E-state index in [0.29, 0.717) is 35.8 Å². The predicted octanol–water partition coefficient (Wildman–Crippen LogP) is 3.90. The van der Waals surface area contributed by atoms with Gasteiger partial charge >= 0.3 is 5.97 Å². The van der Waals surface area contributed by atoms with Crippen LogP contribution in [0.3, 0.4) is 0 Å². The molecule has 1 aliphatic heterocycles. The average molecular weight is 474 g/mol. The molecule has 0 radical (unpaired) electrons. The fourth-order valence-electron chi connectivity index (χ4n) is 4.40. The summed E-state index contributed by atoms with van der Waals surface area (Å²) in [6.07, 6.45) is 13.7. The number of carbonyl (C=O) groups is 2. The van der Waals surface area contributed by atoms with Crippen LogP contribution in [-0.2, 0) is 9.53 Å². The summed E-state index contributed by atoms with van der Waals surface area (Å²) in [6, 6.07) is 7.35. The van der Waals surface area contributed by atoms with Crippen molar-refractivity contribution in [2.24, 2.45) is 5.92 Å². The standard InChI is InChI=1S/C26H27N5O4/c32-25(20-4-6-23-27-10-13-31(23)16-20)29-21-5-7-24(28-15-21)30-11-8-18(9-12-30)17-35-22-3-1-2-19(14-22)26(33)34/h2,4-7,10,13-16,18H,1,3,8-9,11-12,17H2,(H,29,32)(H,33,34). The lowest BCUT2D eigenvalue weighted by Gasteiger charge is -2.33. The Hall–Kier alpha value is -4.14. The van der Waals surface area contributed by atoms with E-state index in [1.165, 1.54) is 0 Å². The van der Waals surface area contributed by atoms with Crippen molar-refractivity contribution in [1.29, 1.82) is 0 Å². The maximum Gasteiger partial charge on any atom is 0.335 e. The highest BCUT2D eigenvalue weighted by atomic mass is 16.5.